The van der Waals surface area contributed by atoms with Gasteiger partial charge in [-0.1, -0.05) is 5.16 Å². The van der Waals surface area contributed by atoms with Crippen molar-refractivity contribution in [2.75, 3.05) is 26.4 Å². The molecular formula is C11H18N4O5. The lowest BCUT2D eigenvalue weighted by Gasteiger charge is -2.27. The number of carbonyl (C=O) groups excluding carboxylic acids is 1. The molecule has 9 nitrogen and oxygen atoms in total. The first-order valence-corrected chi connectivity index (χ1v) is 6.36. The van der Waals surface area contributed by atoms with E-state index in [1.807, 2.05) is 0 Å². The van der Waals surface area contributed by atoms with Crippen molar-refractivity contribution in [1.29, 1.82) is 0 Å². The van der Waals surface area contributed by atoms with Gasteiger partial charge in [0.05, 0.1) is 25.9 Å². The normalized spacial score (nSPS) is 19.2. The third-order valence-corrected chi connectivity index (χ3v) is 3.29. The maximum atomic E-state index is 11.9. The molecule has 1 atom stereocenters. The summed E-state index contributed by atoms with van der Waals surface area (Å²) >= 11 is 0. The Morgan fingerprint density at radius 3 is 2.65 bits per heavy atom. The van der Waals surface area contributed by atoms with Crippen LogP contribution in [0, 0.1) is 0 Å². The fraction of sp³-hybridized carbons (Fsp3) is 0.727. The molecule has 2 heterocycles. The summed E-state index contributed by atoms with van der Waals surface area (Å²) in [5, 5.41) is 36.5. The Kier molecular flexibility index (Phi) is 4.65. The van der Waals surface area contributed by atoms with Crippen LogP contribution in [0.2, 0.25) is 0 Å². The number of carbonyl (C=O) groups is 1. The van der Waals surface area contributed by atoms with Crippen LogP contribution >= 0.6 is 0 Å². The lowest BCUT2D eigenvalue weighted by atomic mass is 10.0. The first kappa shape index (κ1) is 14.9. The first-order valence-electron chi connectivity index (χ1n) is 6.36. The summed E-state index contributed by atoms with van der Waals surface area (Å²) < 4.78 is 5.01. The average molecular weight is 286 g/mol. The van der Waals surface area contributed by atoms with Gasteiger partial charge in [-0.3, -0.25) is 4.79 Å². The summed E-state index contributed by atoms with van der Waals surface area (Å²) in [7, 11) is 0. The highest BCUT2D eigenvalue weighted by molar-refractivity contribution is 5.90. The second-order valence-electron chi connectivity index (χ2n) is 4.81. The van der Waals surface area contributed by atoms with Crippen molar-refractivity contribution >= 4 is 5.91 Å². The van der Waals surface area contributed by atoms with Crippen molar-refractivity contribution in [2.24, 2.45) is 0 Å². The minimum atomic E-state index is -1.51. The van der Waals surface area contributed by atoms with Crippen LogP contribution < -0.4 is 10.6 Å². The highest BCUT2D eigenvalue weighted by Gasteiger charge is 2.32. The molecular weight excluding hydrogens is 268 g/mol. The molecule has 1 amide bonds. The number of aliphatic hydroxyl groups is 3. The van der Waals surface area contributed by atoms with Crippen molar-refractivity contribution in [3.05, 3.63) is 11.7 Å². The summed E-state index contributed by atoms with van der Waals surface area (Å²) in [5.41, 5.74) is -1.51. The molecule has 2 rings (SSSR count). The third kappa shape index (κ3) is 2.96. The SMILES string of the molecule is O=C(NC(CO)(CO)CO)c1noc(C2CCCN2)n1. The average Bonchev–Trinajstić information content (AvgIpc) is 3.14. The van der Waals surface area contributed by atoms with E-state index in [-0.39, 0.29) is 11.9 Å². The summed E-state index contributed by atoms with van der Waals surface area (Å²) in [5.74, 6) is -0.598. The van der Waals surface area contributed by atoms with Crippen LogP contribution in [0.25, 0.3) is 0 Å². The van der Waals surface area contributed by atoms with Gasteiger partial charge in [-0.25, -0.2) is 0 Å². The van der Waals surface area contributed by atoms with Crippen molar-refractivity contribution in [3.8, 4) is 0 Å². The fourth-order valence-corrected chi connectivity index (χ4v) is 1.93. The summed E-state index contributed by atoms with van der Waals surface area (Å²) in [6.45, 7) is -0.973. The number of hydrogen-bond acceptors (Lipinski definition) is 8. The third-order valence-electron chi connectivity index (χ3n) is 3.29. The number of amides is 1. The molecule has 5 N–H and O–H groups in total. The molecule has 1 saturated heterocycles. The molecule has 1 aromatic heterocycles. The van der Waals surface area contributed by atoms with Gasteiger partial charge in [0.15, 0.2) is 0 Å². The minimum absolute atomic E-state index is 0.0534. The van der Waals surface area contributed by atoms with Crippen LogP contribution in [0.3, 0.4) is 0 Å². The number of hydrogen-bond donors (Lipinski definition) is 5. The van der Waals surface area contributed by atoms with E-state index < -0.39 is 31.3 Å². The zero-order valence-electron chi connectivity index (χ0n) is 10.9. The molecule has 1 aliphatic heterocycles. The number of rotatable bonds is 6. The molecule has 0 aromatic carbocycles. The van der Waals surface area contributed by atoms with Gasteiger partial charge in [0.25, 0.3) is 11.7 Å². The van der Waals surface area contributed by atoms with Gasteiger partial charge in [0.2, 0.25) is 5.89 Å². The summed E-state index contributed by atoms with van der Waals surface area (Å²) in [4.78, 5) is 15.9. The van der Waals surface area contributed by atoms with Crippen molar-refractivity contribution < 1.29 is 24.6 Å². The minimum Gasteiger partial charge on any atom is -0.394 e. The molecule has 1 unspecified atom stereocenters. The molecule has 112 valence electrons. The van der Waals surface area contributed by atoms with Gasteiger partial charge in [-0.05, 0) is 19.4 Å². The Morgan fingerprint density at radius 1 is 1.40 bits per heavy atom. The van der Waals surface area contributed by atoms with E-state index in [0.29, 0.717) is 5.89 Å². The standard InChI is InChI=1S/C11H18N4O5/c16-4-11(5-17,6-18)14-9(19)8-13-10(20-15-8)7-2-1-3-12-7/h7,12,16-18H,1-6H2,(H,14,19). The molecule has 0 aliphatic carbocycles. The zero-order chi connectivity index (χ0) is 14.6. The fourth-order valence-electron chi connectivity index (χ4n) is 1.93. The Bertz CT molecular complexity index is 445. The van der Waals surface area contributed by atoms with Crippen LogP contribution in [0.1, 0.15) is 35.4 Å². The molecule has 0 radical (unpaired) electrons. The van der Waals surface area contributed by atoms with Crippen LogP contribution in [0.15, 0.2) is 4.52 Å². The Morgan fingerprint density at radius 2 is 2.10 bits per heavy atom. The number of aliphatic hydroxyl groups excluding tert-OH is 3. The Hall–Kier alpha value is -1.55. The van der Waals surface area contributed by atoms with Gasteiger partial charge < -0.3 is 30.5 Å². The van der Waals surface area contributed by atoms with E-state index in [1.54, 1.807) is 0 Å². The molecule has 20 heavy (non-hydrogen) atoms. The van der Waals surface area contributed by atoms with Gasteiger partial charge in [0.1, 0.15) is 5.54 Å². The molecule has 0 spiro atoms. The highest BCUT2D eigenvalue weighted by Crippen LogP contribution is 2.21. The Balaban J connectivity index is 2.05. The zero-order valence-corrected chi connectivity index (χ0v) is 10.9. The van der Waals surface area contributed by atoms with Gasteiger partial charge in [0, 0.05) is 0 Å². The Labute approximate surface area is 115 Å². The monoisotopic (exact) mass is 286 g/mol. The number of nitrogens with zero attached hydrogens (tertiary/aromatic N) is 2. The number of nitrogens with one attached hydrogen (secondary N) is 2. The van der Waals surface area contributed by atoms with Crippen LogP contribution in [-0.4, -0.2) is 63.3 Å². The van der Waals surface area contributed by atoms with E-state index in [4.69, 9.17) is 19.8 Å². The van der Waals surface area contributed by atoms with E-state index >= 15 is 0 Å². The predicted octanol–water partition coefficient (Wildman–Crippen LogP) is -2.06. The molecule has 1 fully saturated rings. The van der Waals surface area contributed by atoms with Gasteiger partial charge >= 0.3 is 0 Å². The maximum absolute atomic E-state index is 11.9. The highest BCUT2D eigenvalue weighted by atomic mass is 16.5. The molecule has 1 aliphatic rings. The van der Waals surface area contributed by atoms with Crippen LogP contribution in [-0.2, 0) is 0 Å². The molecule has 0 bridgehead atoms. The summed E-state index contributed by atoms with van der Waals surface area (Å²) in [6.07, 6.45) is 1.86. The number of aromatic nitrogens is 2. The quantitative estimate of drug-likeness (QED) is 0.402. The smallest absolute Gasteiger partial charge is 0.293 e. The van der Waals surface area contributed by atoms with Gasteiger partial charge in [-0.2, -0.15) is 4.98 Å². The molecule has 0 saturated carbocycles. The van der Waals surface area contributed by atoms with E-state index in [2.05, 4.69) is 20.8 Å². The van der Waals surface area contributed by atoms with Crippen molar-refractivity contribution in [1.82, 2.24) is 20.8 Å². The van der Waals surface area contributed by atoms with Crippen molar-refractivity contribution in [2.45, 2.75) is 24.4 Å². The summed E-state index contributed by atoms with van der Waals surface area (Å²) in [6, 6.07) is -0.0534. The van der Waals surface area contributed by atoms with E-state index in [1.165, 1.54) is 0 Å². The van der Waals surface area contributed by atoms with Crippen LogP contribution in [0.4, 0.5) is 0 Å². The lowest BCUT2D eigenvalue weighted by molar-refractivity contribution is 0.0369. The predicted molar refractivity (Wildman–Crippen MR) is 65.7 cm³/mol. The second kappa shape index (κ2) is 6.27. The molecule has 9 heteroatoms. The second-order valence-corrected chi connectivity index (χ2v) is 4.81. The first-order chi connectivity index (χ1) is 9.64. The van der Waals surface area contributed by atoms with Crippen molar-refractivity contribution in [3.63, 3.8) is 0 Å². The van der Waals surface area contributed by atoms with E-state index in [0.717, 1.165) is 19.4 Å². The van der Waals surface area contributed by atoms with E-state index in [9.17, 15) is 4.79 Å². The topological polar surface area (TPSA) is 141 Å². The largest absolute Gasteiger partial charge is 0.394 e. The van der Waals surface area contributed by atoms with Gasteiger partial charge in [-0.15, -0.1) is 0 Å². The lowest BCUT2D eigenvalue weighted by Crippen LogP contribution is -2.57. The van der Waals surface area contributed by atoms with Crippen LogP contribution in [0.5, 0.6) is 0 Å². The maximum Gasteiger partial charge on any atom is 0.293 e. The molecule has 1 aromatic rings.